The number of rotatable bonds is 2. The van der Waals surface area contributed by atoms with Crippen molar-refractivity contribution in [3.05, 3.63) is 39.9 Å². The molecular weight excluding hydrogens is 253 g/mol. The Balaban J connectivity index is 2.29. The molecule has 0 saturated heterocycles. The molecule has 1 aliphatic heterocycles. The SMILES string of the molecule is O=C(O)C1C=C(c2ccc(Cl)c(Cl)c2)NO1. The summed E-state index contributed by atoms with van der Waals surface area (Å²) in [6.07, 6.45) is 0.478. The van der Waals surface area contributed by atoms with E-state index in [0.717, 1.165) is 5.56 Å². The molecule has 2 rings (SSSR count). The molecule has 1 unspecified atom stereocenters. The zero-order valence-electron chi connectivity index (χ0n) is 7.91. The van der Waals surface area contributed by atoms with E-state index in [4.69, 9.17) is 33.1 Å². The van der Waals surface area contributed by atoms with Crippen LogP contribution in [-0.4, -0.2) is 17.2 Å². The summed E-state index contributed by atoms with van der Waals surface area (Å²) in [6.45, 7) is 0. The van der Waals surface area contributed by atoms with E-state index in [2.05, 4.69) is 5.48 Å². The second-order valence-corrected chi connectivity index (χ2v) is 4.00. The van der Waals surface area contributed by atoms with Crippen molar-refractivity contribution < 1.29 is 14.7 Å². The fraction of sp³-hybridized carbons (Fsp3) is 0.100. The van der Waals surface area contributed by atoms with Crippen molar-refractivity contribution in [1.29, 1.82) is 0 Å². The molecule has 0 bridgehead atoms. The lowest BCUT2D eigenvalue weighted by atomic mass is 10.1. The van der Waals surface area contributed by atoms with Gasteiger partial charge in [0.15, 0.2) is 0 Å². The van der Waals surface area contributed by atoms with E-state index in [1.54, 1.807) is 18.2 Å². The van der Waals surface area contributed by atoms with Crippen molar-refractivity contribution in [2.75, 3.05) is 0 Å². The fourth-order valence-electron chi connectivity index (χ4n) is 1.29. The highest BCUT2D eigenvalue weighted by Gasteiger charge is 2.23. The molecule has 4 nitrogen and oxygen atoms in total. The molecule has 1 atom stereocenters. The van der Waals surface area contributed by atoms with Crippen LogP contribution in [0.2, 0.25) is 10.0 Å². The van der Waals surface area contributed by atoms with Crippen molar-refractivity contribution in [2.24, 2.45) is 0 Å². The predicted octanol–water partition coefficient (Wildman–Crippen LogP) is 2.32. The van der Waals surface area contributed by atoms with Gasteiger partial charge in [0, 0.05) is 5.56 Å². The van der Waals surface area contributed by atoms with Gasteiger partial charge in [-0.15, -0.1) is 0 Å². The first-order valence-electron chi connectivity index (χ1n) is 4.39. The first-order valence-corrected chi connectivity index (χ1v) is 5.15. The molecule has 0 fully saturated rings. The monoisotopic (exact) mass is 259 g/mol. The summed E-state index contributed by atoms with van der Waals surface area (Å²) in [5, 5.41) is 9.57. The smallest absolute Gasteiger partial charge is 0.339 e. The molecule has 1 aromatic rings. The van der Waals surface area contributed by atoms with Crippen LogP contribution in [0.1, 0.15) is 5.56 Å². The Morgan fingerprint density at radius 3 is 2.69 bits per heavy atom. The molecule has 0 spiro atoms. The zero-order valence-corrected chi connectivity index (χ0v) is 9.42. The fourth-order valence-corrected chi connectivity index (χ4v) is 1.58. The van der Waals surface area contributed by atoms with Crippen LogP contribution in [0.5, 0.6) is 0 Å². The largest absolute Gasteiger partial charge is 0.479 e. The standard InChI is InChI=1S/C10H7Cl2NO3/c11-6-2-1-5(3-7(6)12)8-4-9(10(14)15)16-13-8/h1-4,9,13H,(H,14,15). The lowest BCUT2D eigenvalue weighted by molar-refractivity contribution is -0.148. The van der Waals surface area contributed by atoms with Crippen molar-refractivity contribution in [2.45, 2.75) is 6.10 Å². The van der Waals surface area contributed by atoms with Gasteiger partial charge in [-0.3, -0.25) is 10.3 Å². The first-order chi connectivity index (χ1) is 7.58. The molecule has 2 N–H and O–H groups in total. The Kier molecular flexibility index (Phi) is 3.05. The van der Waals surface area contributed by atoms with E-state index in [1.807, 2.05) is 0 Å². The quantitative estimate of drug-likeness (QED) is 0.856. The zero-order chi connectivity index (χ0) is 11.7. The molecule has 16 heavy (non-hydrogen) atoms. The van der Waals surface area contributed by atoms with Crippen LogP contribution < -0.4 is 5.48 Å². The molecule has 0 saturated carbocycles. The number of carbonyl (C=O) groups is 1. The number of halogens is 2. The van der Waals surface area contributed by atoms with Crippen LogP contribution in [0.15, 0.2) is 24.3 Å². The third kappa shape index (κ3) is 2.14. The van der Waals surface area contributed by atoms with Gasteiger partial charge in [-0.05, 0) is 18.2 Å². The third-order valence-electron chi connectivity index (χ3n) is 2.09. The van der Waals surface area contributed by atoms with Crippen LogP contribution >= 0.6 is 23.2 Å². The highest BCUT2D eigenvalue weighted by Crippen LogP contribution is 2.27. The highest BCUT2D eigenvalue weighted by molar-refractivity contribution is 6.42. The van der Waals surface area contributed by atoms with Gasteiger partial charge in [0.05, 0.1) is 15.7 Å². The molecule has 0 amide bonds. The van der Waals surface area contributed by atoms with Gasteiger partial charge in [-0.25, -0.2) is 4.79 Å². The van der Waals surface area contributed by atoms with Gasteiger partial charge in [-0.2, -0.15) is 0 Å². The number of hydrogen-bond donors (Lipinski definition) is 2. The minimum atomic E-state index is -1.05. The number of aliphatic carboxylic acids is 1. The van der Waals surface area contributed by atoms with Crippen molar-refractivity contribution in [1.82, 2.24) is 5.48 Å². The van der Waals surface area contributed by atoms with E-state index in [9.17, 15) is 4.79 Å². The second-order valence-electron chi connectivity index (χ2n) is 3.19. The van der Waals surface area contributed by atoms with Gasteiger partial charge in [0.2, 0.25) is 6.10 Å². The predicted molar refractivity (Wildman–Crippen MR) is 60.1 cm³/mol. The number of carboxylic acids is 1. The number of hydroxylamine groups is 1. The van der Waals surface area contributed by atoms with Crippen LogP contribution in [-0.2, 0) is 9.63 Å². The Labute approximate surface area is 101 Å². The van der Waals surface area contributed by atoms with E-state index < -0.39 is 12.1 Å². The Bertz CT molecular complexity index is 473. The Morgan fingerprint density at radius 1 is 1.38 bits per heavy atom. The summed E-state index contributed by atoms with van der Waals surface area (Å²) in [5.74, 6) is -1.05. The maximum absolute atomic E-state index is 10.6. The van der Waals surface area contributed by atoms with E-state index in [-0.39, 0.29) is 0 Å². The van der Waals surface area contributed by atoms with E-state index in [0.29, 0.717) is 15.7 Å². The Morgan fingerprint density at radius 2 is 2.12 bits per heavy atom. The number of benzene rings is 1. The Hall–Kier alpha value is -1.23. The summed E-state index contributed by atoms with van der Waals surface area (Å²) in [6, 6.07) is 4.99. The molecule has 1 aliphatic rings. The topological polar surface area (TPSA) is 58.6 Å². The van der Waals surface area contributed by atoms with Gasteiger partial charge in [0.1, 0.15) is 0 Å². The van der Waals surface area contributed by atoms with E-state index >= 15 is 0 Å². The molecule has 0 radical (unpaired) electrons. The molecule has 84 valence electrons. The van der Waals surface area contributed by atoms with Gasteiger partial charge < -0.3 is 5.11 Å². The average Bonchev–Trinajstić information content (AvgIpc) is 2.71. The normalized spacial score (nSPS) is 19.1. The number of nitrogens with one attached hydrogen (secondary N) is 1. The van der Waals surface area contributed by atoms with E-state index in [1.165, 1.54) is 6.08 Å². The summed E-state index contributed by atoms with van der Waals surface area (Å²) in [4.78, 5) is 15.5. The maximum Gasteiger partial charge on any atom is 0.339 e. The third-order valence-corrected chi connectivity index (χ3v) is 2.83. The first kappa shape index (κ1) is 11.3. The van der Waals surface area contributed by atoms with Crippen molar-refractivity contribution >= 4 is 34.9 Å². The summed E-state index contributed by atoms with van der Waals surface area (Å²) >= 11 is 11.6. The number of hydrogen-bond acceptors (Lipinski definition) is 3. The van der Waals surface area contributed by atoms with Crippen LogP contribution in [0.25, 0.3) is 5.70 Å². The van der Waals surface area contributed by atoms with Gasteiger partial charge >= 0.3 is 5.97 Å². The maximum atomic E-state index is 10.6. The lowest BCUT2D eigenvalue weighted by Crippen LogP contribution is -2.20. The molecule has 1 aromatic carbocycles. The van der Waals surface area contributed by atoms with Crippen LogP contribution in [0.4, 0.5) is 0 Å². The molecule has 1 heterocycles. The molecular formula is C10H7Cl2NO3. The molecule has 6 heteroatoms. The number of carboxylic acid groups (broad SMARTS) is 1. The summed E-state index contributed by atoms with van der Waals surface area (Å²) in [7, 11) is 0. The molecule has 0 aliphatic carbocycles. The lowest BCUT2D eigenvalue weighted by Gasteiger charge is -2.04. The minimum absolute atomic E-state index is 0.403. The van der Waals surface area contributed by atoms with Crippen molar-refractivity contribution in [3.8, 4) is 0 Å². The summed E-state index contributed by atoms with van der Waals surface area (Å²) in [5.41, 5.74) is 3.81. The molecule has 0 aromatic heterocycles. The van der Waals surface area contributed by atoms with Crippen LogP contribution in [0.3, 0.4) is 0 Å². The second kappa shape index (κ2) is 4.33. The van der Waals surface area contributed by atoms with Crippen LogP contribution in [0, 0.1) is 0 Å². The van der Waals surface area contributed by atoms with Crippen molar-refractivity contribution in [3.63, 3.8) is 0 Å². The minimum Gasteiger partial charge on any atom is -0.479 e. The summed E-state index contributed by atoms with van der Waals surface area (Å²) < 4.78 is 0. The average molecular weight is 260 g/mol. The highest BCUT2D eigenvalue weighted by atomic mass is 35.5. The van der Waals surface area contributed by atoms with Gasteiger partial charge in [0.25, 0.3) is 0 Å². The van der Waals surface area contributed by atoms with Gasteiger partial charge in [-0.1, -0.05) is 29.3 Å².